The van der Waals surface area contributed by atoms with Crippen molar-refractivity contribution < 1.29 is 0 Å². The molecule has 0 bridgehead atoms. The lowest BCUT2D eigenvalue weighted by molar-refractivity contribution is 0.401. The Morgan fingerprint density at radius 3 is 3.12 bits per heavy atom. The van der Waals surface area contributed by atoms with Crippen LogP contribution in [0.5, 0.6) is 0 Å². The van der Waals surface area contributed by atoms with E-state index in [1.54, 1.807) is 12.4 Å². The number of hydrogen-bond donors (Lipinski definition) is 1. The molecule has 0 spiro atoms. The number of nitrogens with zero attached hydrogens (tertiary/aromatic N) is 4. The quantitative estimate of drug-likeness (QED) is 0.833. The summed E-state index contributed by atoms with van der Waals surface area (Å²) in [5, 5.41) is 12.2. The highest BCUT2D eigenvalue weighted by Crippen LogP contribution is 2.22. The smallest absolute Gasteiger partial charge is 0.183 e. The SMILES string of the molecule is CNCC1CCCN(c2nccnc2C#N)C1. The van der Waals surface area contributed by atoms with Gasteiger partial charge in [-0.3, -0.25) is 0 Å². The van der Waals surface area contributed by atoms with Gasteiger partial charge in [-0.25, -0.2) is 9.97 Å². The summed E-state index contributed by atoms with van der Waals surface area (Å²) in [5.41, 5.74) is 0.428. The highest BCUT2D eigenvalue weighted by Gasteiger charge is 2.22. The number of anilines is 1. The van der Waals surface area contributed by atoms with Crippen LogP contribution in [0.1, 0.15) is 18.5 Å². The van der Waals surface area contributed by atoms with E-state index in [1.165, 1.54) is 6.42 Å². The van der Waals surface area contributed by atoms with E-state index in [-0.39, 0.29) is 0 Å². The van der Waals surface area contributed by atoms with E-state index in [9.17, 15) is 0 Å². The Balaban J connectivity index is 2.14. The lowest BCUT2D eigenvalue weighted by Gasteiger charge is -2.33. The second kappa shape index (κ2) is 5.60. The third kappa shape index (κ3) is 2.71. The number of rotatable bonds is 3. The van der Waals surface area contributed by atoms with Gasteiger partial charge in [-0.15, -0.1) is 0 Å². The predicted molar refractivity (Wildman–Crippen MR) is 65.6 cm³/mol. The maximum atomic E-state index is 9.03. The van der Waals surface area contributed by atoms with Crippen LogP contribution < -0.4 is 10.2 Å². The van der Waals surface area contributed by atoms with Crippen molar-refractivity contribution in [2.24, 2.45) is 5.92 Å². The van der Waals surface area contributed by atoms with Gasteiger partial charge in [0, 0.05) is 25.5 Å². The molecule has 0 amide bonds. The molecule has 0 aromatic carbocycles. The molecule has 0 aliphatic carbocycles. The monoisotopic (exact) mass is 231 g/mol. The Morgan fingerprint density at radius 1 is 1.53 bits per heavy atom. The maximum Gasteiger partial charge on any atom is 0.183 e. The van der Waals surface area contributed by atoms with Crippen molar-refractivity contribution in [2.45, 2.75) is 12.8 Å². The summed E-state index contributed by atoms with van der Waals surface area (Å²) in [6.45, 7) is 2.93. The molecule has 1 aliphatic heterocycles. The van der Waals surface area contributed by atoms with Gasteiger partial charge in [0.15, 0.2) is 11.5 Å². The molecule has 1 atom stereocenters. The molecule has 0 radical (unpaired) electrons. The molecule has 90 valence electrons. The third-order valence-electron chi connectivity index (χ3n) is 3.10. The van der Waals surface area contributed by atoms with Gasteiger partial charge in [0.05, 0.1) is 0 Å². The molecule has 0 saturated carbocycles. The summed E-state index contributed by atoms with van der Waals surface area (Å²) >= 11 is 0. The molecule has 1 fully saturated rings. The molecule has 2 heterocycles. The van der Waals surface area contributed by atoms with E-state index < -0.39 is 0 Å². The Kier molecular flexibility index (Phi) is 3.89. The molecule has 5 nitrogen and oxygen atoms in total. The Hall–Kier alpha value is -1.67. The Bertz CT molecular complexity index is 410. The van der Waals surface area contributed by atoms with Crippen LogP contribution in [-0.4, -0.2) is 36.6 Å². The fourth-order valence-corrected chi connectivity index (χ4v) is 2.35. The van der Waals surface area contributed by atoms with Gasteiger partial charge in [0.25, 0.3) is 0 Å². The zero-order chi connectivity index (χ0) is 12.1. The van der Waals surface area contributed by atoms with Crippen molar-refractivity contribution in [1.82, 2.24) is 15.3 Å². The molecular formula is C12H17N5. The highest BCUT2D eigenvalue weighted by atomic mass is 15.2. The van der Waals surface area contributed by atoms with E-state index in [0.29, 0.717) is 11.6 Å². The number of piperidine rings is 1. The van der Waals surface area contributed by atoms with Crippen LogP contribution in [0.4, 0.5) is 5.82 Å². The topological polar surface area (TPSA) is 64.8 Å². The number of hydrogen-bond acceptors (Lipinski definition) is 5. The number of nitrogens with one attached hydrogen (secondary N) is 1. The van der Waals surface area contributed by atoms with Crippen molar-refractivity contribution in [3.63, 3.8) is 0 Å². The molecule has 17 heavy (non-hydrogen) atoms. The zero-order valence-corrected chi connectivity index (χ0v) is 10.1. The average molecular weight is 231 g/mol. The van der Waals surface area contributed by atoms with Crippen molar-refractivity contribution >= 4 is 5.82 Å². The molecule has 5 heteroatoms. The fraction of sp³-hybridized carbons (Fsp3) is 0.583. The summed E-state index contributed by atoms with van der Waals surface area (Å²) < 4.78 is 0. The molecule has 1 aromatic heterocycles. The standard InChI is InChI=1S/C12H17N5/c1-14-8-10-3-2-6-17(9-10)12-11(7-13)15-4-5-16-12/h4-5,10,14H,2-3,6,8-9H2,1H3. The molecule has 2 rings (SSSR count). The van der Waals surface area contributed by atoms with Crippen LogP contribution in [-0.2, 0) is 0 Å². The fourth-order valence-electron chi connectivity index (χ4n) is 2.35. The van der Waals surface area contributed by atoms with Crippen molar-refractivity contribution in [1.29, 1.82) is 5.26 Å². The molecular weight excluding hydrogens is 214 g/mol. The van der Waals surface area contributed by atoms with Crippen LogP contribution in [0, 0.1) is 17.2 Å². The van der Waals surface area contributed by atoms with Gasteiger partial charge in [0.2, 0.25) is 0 Å². The first-order chi connectivity index (χ1) is 8.35. The van der Waals surface area contributed by atoms with Crippen molar-refractivity contribution in [3.05, 3.63) is 18.1 Å². The second-order valence-electron chi connectivity index (χ2n) is 4.35. The summed E-state index contributed by atoms with van der Waals surface area (Å²) in [6.07, 6.45) is 5.60. The van der Waals surface area contributed by atoms with Gasteiger partial charge in [-0.05, 0) is 32.4 Å². The van der Waals surface area contributed by atoms with Crippen LogP contribution in [0.15, 0.2) is 12.4 Å². The third-order valence-corrected chi connectivity index (χ3v) is 3.10. The zero-order valence-electron chi connectivity index (χ0n) is 10.1. The van der Waals surface area contributed by atoms with E-state index in [0.717, 1.165) is 31.9 Å². The summed E-state index contributed by atoms with van der Waals surface area (Å²) in [5.74, 6) is 1.36. The molecule has 1 aliphatic rings. The Morgan fingerprint density at radius 2 is 2.35 bits per heavy atom. The lowest BCUT2D eigenvalue weighted by atomic mass is 9.98. The van der Waals surface area contributed by atoms with Crippen molar-refractivity contribution in [3.8, 4) is 6.07 Å². The average Bonchev–Trinajstić information content (AvgIpc) is 2.39. The molecule has 1 aromatic rings. The van der Waals surface area contributed by atoms with Crippen molar-refractivity contribution in [2.75, 3.05) is 31.6 Å². The molecule has 1 N–H and O–H groups in total. The summed E-state index contributed by atoms with van der Waals surface area (Å²) in [6, 6.07) is 2.11. The minimum Gasteiger partial charge on any atom is -0.354 e. The minimum atomic E-state index is 0.428. The summed E-state index contributed by atoms with van der Waals surface area (Å²) in [4.78, 5) is 10.5. The lowest BCUT2D eigenvalue weighted by Crippen LogP contribution is -2.39. The second-order valence-corrected chi connectivity index (χ2v) is 4.35. The first kappa shape index (κ1) is 11.8. The predicted octanol–water partition coefficient (Wildman–Crippen LogP) is 0.784. The minimum absolute atomic E-state index is 0.428. The molecule has 1 unspecified atom stereocenters. The van der Waals surface area contributed by atoms with Crippen LogP contribution in [0.25, 0.3) is 0 Å². The highest BCUT2D eigenvalue weighted by molar-refractivity contribution is 5.49. The normalized spacial score (nSPS) is 20.0. The van der Waals surface area contributed by atoms with Gasteiger partial charge in [-0.2, -0.15) is 5.26 Å². The number of aromatic nitrogens is 2. The van der Waals surface area contributed by atoms with Crippen LogP contribution in [0.2, 0.25) is 0 Å². The van der Waals surface area contributed by atoms with Gasteiger partial charge < -0.3 is 10.2 Å². The van der Waals surface area contributed by atoms with E-state index in [4.69, 9.17) is 5.26 Å². The Labute approximate surface area is 101 Å². The number of nitriles is 1. The van der Waals surface area contributed by atoms with Gasteiger partial charge in [-0.1, -0.05) is 0 Å². The van der Waals surface area contributed by atoms with Crippen LogP contribution >= 0.6 is 0 Å². The van der Waals surface area contributed by atoms with E-state index in [2.05, 4.69) is 26.3 Å². The first-order valence-electron chi connectivity index (χ1n) is 5.95. The first-order valence-corrected chi connectivity index (χ1v) is 5.95. The largest absolute Gasteiger partial charge is 0.354 e. The summed E-state index contributed by atoms with van der Waals surface area (Å²) in [7, 11) is 1.97. The van der Waals surface area contributed by atoms with E-state index in [1.807, 2.05) is 7.05 Å². The molecule has 1 saturated heterocycles. The van der Waals surface area contributed by atoms with E-state index >= 15 is 0 Å². The van der Waals surface area contributed by atoms with Crippen LogP contribution in [0.3, 0.4) is 0 Å². The van der Waals surface area contributed by atoms with Gasteiger partial charge in [0.1, 0.15) is 6.07 Å². The maximum absolute atomic E-state index is 9.03. The van der Waals surface area contributed by atoms with Gasteiger partial charge >= 0.3 is 0 Å².